The normalized spacial score (nSPS) is 10.8. The maximum absolute atomic E-state index is 11.8. The maximum Gasteiger partial charge on any atom is 0.345 e. The lowest BCUT2D eigenvalue weighted by Crippen LogP contribution is -2.23. The smallest absolute Gasteiger partial charge is 0.345 e. The van der Waals surface area contributed by atoms with Crippen molar-refractivity contribution < 1.29 is 19.4 Å². The van der Waals surface area contributed by atoms with Gasteiger partial charge >= 0.3 is 11.9 Å². The Morgan fingerprint density at radius 1 is 1.30 bits per heavy atom. The molecule has 0 fully saturated rings. The third-order valence-corrected chi connectivity index (χ3v) is 2.49. The second-order valence-corrected chi connectivity index (χ2v) is 4.29. The molecule has 104 valence electrons. The highest BCUT2D eigenvalue weighted by atomic mass is 16.5. The van der Waals surface area contributed by atoms with E-state index in [-0.39, 0.29) is 16.9 Å². The van der Waals surface area contributed by atoms with Crippen molar-refractivity contribution in [3.8, 4) is 5.75 Å². The number of aromatic carboxylic acids is 1. The number of carboxylic acid groups (broad SMARTS) is 1. The largest absolute Gasteiger partial charge is 0.477 e. The molecule has 20 heavy (non-hydrogen) atoms. The van der Waals surface area contributed by atoms with E-state index in [4.69, 9.17) is 9.84 Å². The number of H-pyrrole nitrogens is 1. The molecule has 0 aliphatic heterocycles. The molecule has 8 nitrogen and oxygen atoms in total. The number of rotatable bonds is 3. The van der Waals surface area contributed by atoms with Gasteiger partial charge in [-0.25, -0.2) is 14.8 Å². The molecule has 2 N–H and O–H groups in total. The summed E-state index contributed by atoms with van der Waals surface area (Å²) < 4.78 is 5.02. The second-order valence-electron chi connectivity index (χ2n) is 4.29. The first-order chi connectivity index (χ1) is 9.41. The van der Waals surface area contributed by atoms with Crippen molar-refractivity contribution >= 4 is 23.1 Å². The summed E-state index contributed by atoms with van der Waals surface area (Å²) in [6.45, 7) is 3.17. The number of hydrogen-bond acceptors (Lipinski definition) is 6. The van der Waals surface area contributed by atoms with E-state index in [2.05, 4.69) is 15.0 Å². The van der Waals surface area contributed by atoms with Crippen molar-refractivity contribution in [2.75, 3.05) is 0 Å². The minimum absolute atomic E-state index is 0.0125. The Hall–Kier alpha value is -2.77. The van der Waals surface area contributed by atoms with E-state index < -0.39 is 29.0 Å². The Morgan fingerprint density at radius 3 is 2.55 bits per heavy atom. The Labute approximate surface area is 112 Å². The monoisotopic (exact) mass is 277 g/mol. The minimum Gasteiger partial charge on any atom is -0.477 e. The van der Waals surface area contributed by atoms with E-state index in [1.807, 2.05) is 0 Å². The summed E-state index contributed by atoms with van der Waals surface area (Å²) in [4.78, 5) is 44.6. The van der Waals surface area contributed by atoms with Gasteiger partial charge in [-0.1, -0.05) is 13.8 Å². The van der Waals surface area contributed by atoms with Crippen LogP contribution in [0.2, 0.25) is 0 Å². The predicted molar refractivity (Wildman–Crippen MR) is 67.6 cm³/mol. The van der Waals surface area contributed by atoms with Crippen molar-refractivity contribution in [3.05, 3.63) is 28.3 Å². The average Bonchev–Trinajstić information content (AvgIpc) is 2.37. The summed E-state index contributed by atoms with van der Waals surface area (Å²) >= 11 is 0. The summed E-state index contributed by atoms with van der Waals surface area (Å²) in [5.41, 5.74) is -1.52. The van der Waals surface area contributed by atoms with Crippen molar-refractivity contribution in [1.29, 1.82) is 0 Å². The van der Waals surface area contributed by atoms with Crippen LogP contribution in [0.3, 0.4) is 0 Å². The van der Waals surface area contributed by atoms with Gasteiger partial charge in [0, 0.05) is 12.4 Å². The molecule has 2 aromatic heterocycles. The quantitative estimate of drug-likeness (QED) is 0.786. The van der Waals surface area contributed by atoms with Crippen LogP contribution in [0.25, 0.3) is 11.2 Å². The van der Waals surface area contributed by atoms with E-state index >= 15 is 0 Å². The Morgan fingerprint density at radius 2 is 1.95 bits per heavy atom. The van der Waals surface area contributed by atoms with E-state index in [0.29, 0.717) is 0 Å². The van der Waals surface area contributed by atoms with Crippen molar-refractivity contribution in [2.45, 2.75) is 13.8 Å². The molecule has 0 aliphatic carbocycles. The van der Waals surface area contributed by atoms with Crippen molar-refractivity contribution in [1.82, 2.24) is 15.0 Å². The van der Waals surface area contributed by atoms with Gasteiger partial charge in [0.05, 0.1) is 5.92 Å². The number of nitrogens with one attached hydrogen (secondary N) is 1. The molecule has 0 aromatic carbocycles. The number of hydrogen-bond donors (Lipinski definition) is 2. The number of aromatic amines is 1. The summed E-state index contributed by atoms with van der Waals surface area (Å²) in [5, 5.41) is 9.10. The van der Waals surface area contributed by atoms with Crippen molar-refractivity contribution in [3.63, 3.8) is 0 Å². The minimum atomic E-state index is -1.51. The molecule has 8 heteroatoms. The van der Waals surface area contributed by atoms with E-state index in [1.165, 1.54) is 12.4 Å². The molecule has 0 unspecified atom stereocenters. The fourth-order valence-electron chi connectivity index (χ4n) is 1.50. The Balaban J connectivity index is 2.76. The summed E-state index contributed by atoms with van der Waals surface area (Å²) in [5.74, 6) is -3.04. The van der Waals surface area contributed by atoms with Gasteiger partial charge in [-0.15, -0.1) is 0 Å². The maximum atomic E-state index is 11.8. The van der Waals surface area contributed by atoms with Crippen LogP contribution in [0.1, 0.15) is 24.2 Å². The van der Waals surface area contributed by atoms with E-state index in [0.717, 1.165) is 0 Å². The summed E-state index contributed by atoms with van der Waals surface area (Å²) in [6.07, 6.45) is 2.63. The lowest BCUT2D eigenvalue weighted by molar-refractivity contribution is -0.137. The zero-order valence-corrected chi connectivity index (χ0v) is 10.7. The molecule has 2 rings (SSSR count). The van der Waals surface area contributed by atoms with Crippen LogP contribution in [-0.4, -0.2) is 32.0 Å². The van der Waals surface area contributed by atoms with Crippen LogP contribution >= 0.6 is 0 Å². The highest BCUT2D eigenvalue weighted by Crippen LogP contribution is 2.24. The molecule has 0 bridgehead atoms. The topological polar surface area (TPSA) is 122 Å². The Bertz CT molecular complexity index is 750. The molecule has 0 spiro atoms. The van der Waals surface area contributed by atoms with Crippen LogP contribution in [0.15, 0.2) is 17.2 Å². The molecule has 2 aromatic rings. The molecule has 0 radical (unpaired) electrons. The van der Waals surface area contributed by atoms with Gasteiger partial charge in [0.2, 0.25) is 0 Å². The van der Waals surface area contributed by atoms with Gasteiger partial charge in [0.25, 0.3) is 5.56 Å². The first-order valence-corrected chi connectivity index (χ1v) is 5.73. The van der Waals surface area contributed by atoms with Crippen LogP contribution in [0.4, 0.5) is 0 Å². The van der Waals surface area contributed by atoms with E-state index in [1.54, 1.807) is 13.8 Å². The lowest BCUT2D eigenvalue weighted by atomic mass is 10.2. The average molecular weight is 277 g/mol. The summed E-state index contributed by atoms with van der Waals surface area (Å²) in [6, 6.07) is 0. The first-order valence-electron chi connectivity index (χ1n) is 5.73. The molecular formula is C12H11N3O5. The fraction of sp³-hybridized carbons (Fsp3) is 0.250. The first kappa shape index (κ1) is 13.7. The number of aromatic nitrogens is 3. The zero-order chi connectivity index (χ0) is 14.9. The van der Waals surface area contributed by atoms with Gasteiger partial charge < -0.3 is 14.8 Å². The molecular weight excluding hydrogens is 266 g/mol. The lowest BCUT2D eigenvalue weighted by Gasteiger charge is -2.10. The van der Waals surface area contributed by atoms with Crippen LogP contribution in [0.5, 0.6) is 5.75 Å². The highest BCUT2D eigenvalue weighted by Gasteiger charge is 2.24. The zero-order valence-electron chi connectivity index (χ0n) is 10.7. The number of esters is 1. The third kappa shape index (κ3) is 2.35. The van der Waals surface area contributed by atoms with Gasteiger partial charge in [0.1, 0.15) is 5.52 Å². The number of nitrogens with zero attached hydrogens (tertiary/aromatic N) is 2. The number of carboxylic acids is 1. The number of ether oxygens (including phenoxy) is 1. The van der Waals surface area contributed by atoms with Gasteiger partial charge in [-0.3, -0.25) is 9.59 Å². The third-order valence-electron chi connectivity index (χ3n) is 2.49. The van der Waals surface area contributed by atoms with Gasteiger partial charge in [0.15, 0.2) is 17.0 Å². The fourth-order valence-corrected chi connectivity index (χ4v) is 1.50. The molecule has 0 aliphatic rings. The standard InChI is InChI=1S/C12H11N3O5/c1-5(2)12(19)20-8-6(11(17)18)10(16)15-9-7(8)13-3-4-14-9/h3-5H,1-2H3,(H,17,18)(H,14,15,16). The molecule has 0 saturated carbocycles. The summed E-state index contributed by atoms with van der Waals surface area (Å²) in [7, 11) is 0. The van der Waals surface area contributed by atoms with Gasteiger partial charge in [-0.05, 0) is 0 Å². The van der Waals surface area contributed by atoms with E-state index in [9.17, 15) is 14.4 Å². The molecule has 0 atom stereocenters. The number of fused-ring (bicyclic) bond motifs is 1. The molecule has 0 saturated heterocycles. The number of pyridine rings is 1. The number of carbonyl (C=O) groups excluding carboxylic acids is 1. The second kappa shape index (κ2) is 5.08. The van der Waals surface area contributed by atoms with Crippen LogP contribution in [-0.2, 0) is 4.79 Å². The Kier molecular flexibility index (Phi) is 3.47. The molecule has 0 amide bonds. The van der Waals surface area contributed by atoms with Gasteiger partial charge in [-0.2, -0.15) is 0 Å². The number of carbonyl (C=O) groups is 2. The SMILES string of the molecule is CC(C)C(=O)Oc1c(C(=O)O)c(=O)[nH]c2nccnc12. The van der Waals surface area contributed by atoms with Crippen molar-refractivity contribution in [2.24, 2.45) is 5.92 Å². The molecule has 2 heterocycles. The van der Waals surface area contributed by atoms with Crippen LogP contribution < -0.4 is 10.3 Å². The van der Waals surface area contributed by atoms with Crippen LogP contribution in [0, 0.1) is 5.92 Å². The predicted octanol–water partition coefficient (Wildman–Crippen LogP) is 0.578. The highest BCUT2D eigenvalue weighted by molar-refractivity contribution is 5.97.